The molecular weight excluding hydrogens is 222 g/mol. The van der Waals surface area contributed by atoms with Crippen LogP contribution >= 0.6 is 0 Å². The van der Waals surface area contributed by atoms with Gasteiger partial charge in [0.25, 0.3) is 0 Å². The number of aliphatic imine (C=N–C) groups is 1. The molecule has 0 aliphatic heterocycles. The molecule has 1 nitrogen and oxygen atoms in total. The summed E-state index contributed by atoms with van der Waals surface area (Å²) in [5.41, 5.74) is -0.730. The van der Waals surface area contributed by atoms with E-state index in [-0.39, 0.29) is 5.56 Å². The summed E-state index contributed by atoms with van der Waals surface area (Å²) in [6, 6.07) is 1.60. The van der Waals surface area contributed by atoms with E-state index in [2.05, 4.69) is 4.99 Å². The van der Waals surface area contributed by atoms with Crippen LogP contribution in [0.2, 0.25) is 0 Å². The lowest BCUT2D eigenvalue weighted by molar-refractivity contribution is -0.137. The number of alkyl halides is 3. The molecule has 16 heavy (non-hydrogen) atoms. The van der Waals surface area contributed by atoms with Crippen molar-refractivity contribution in [2.24, 2.45) is 4.99 Å². The summed E-state index contributed by atoms with van der Waals surface area (Å²) in [6.45, 7) is 1.67. The number of nitrogens with zero attached hydrogens (tertiary/aromatic N) is 1. The van der Waals surface area contributed by atoms with E-state index in [9.17, 15) is 17.6 Å². The summed E-state index contributed by atoms with van der Waals surface area (Å²) in [5.74, 6) is -0.877. The van der Waals surface area contributed by atoms with Gasteiger partial charge in [0.05, 0.1) is 5.56 Å². The van der Waals surface area contributed by atoms with E-state index in [1.165, 1.54) is 7.05 Å². The minimum absolute atomic E-state index is 0.0566. The number of aryl methyl sites for hydroxylation is 1. The molecule has 0 amide bonds. The Bertz CT molecular complexity index is 407. The third-order valence-electron chi connectivity index (χ3n) is 2.17. The van der Waals surface area contributed by atoms with Crippen molar-refractivity contribution in [2.75, 3.05) is 7.05 Å². The van der Waals surface area contributed by atoms with Gasteiger partial charge in [0, 0.05) is 18.8 Å². The highest BCUT2D eigenvalue weighted by atomic mass is 19.4. The number of benzene rings is 1. The van der Waals surface area contributed by atoms with Crippen LogP contribution < -0.4 is 0 Å². The molecule has 0 saturated heterocycles. The molecule has 0 bridgehead atoms. The van der Waals surface area contributed by atoms with E-state index in [1.54, 1.807) is 6.92 Å². The van der Waals surface area contributed by atoms with Gasteiger partial charge in [-0.1, -0.05) is 6.92 Å². The zero-order valence-electron chi connectivity index (χ0n) is 8.90. The highest BCUT2D eigenvalue weighted by Crippen LogP contribution is 2.33. The van der Waals surface area contributed by atoms with Crippen LogP contribution in [0.25, 0.3) is 0 Å². The third-order valence-corrected chi connectivity index (χ3v) is 2.17. The Morgan fingerprint density at radius 1 is 1.31 bits per heavy atom. The molecule has 0 aliphatic carbocycles. The van der Waals surface area contributed by atoms with Crippen LogP contribution in [-0.2, 0) is 12.6 Å². The summed E-state index contributed by atoms with van der Waals surface area (Å²) in [5, 5.41) is 0. The molecule has 1 aromatic rings. The van der Waals surface area contributed by atoms with Crippen LogP contribution in [0, 0.1) is 5.82 Å². The fourth-order valence-electron chi connectivity index (χ4n) is 1.48. The van der Waals surface area contributed by atoms with Crippen LogP contribution in [0.15, 0.2) is 17.1 Å². The van der Waals surface area contributed by atoms with Crippen molar-refractivity contribution >= 4 is 6.21 Å². The highest BCUT2D eigenvalue weighted by molar-refractivity contribution is 5.84. The third kappa shape index (κ3) is 2.59. The Kier molecular flexibility index (Phi) is 3.67. The minimum atomic E-state index is -4.57. The second-order valence-corrected chi connectivity index (χ2v) is 3.26. The second kappa shape index (κ2) is 4.63. The summed E-state index contributed by atoms with van der Waals surface area (Å²) in [7, 11) is 1.38. The number of halogens is 4. The first-order chi connectivity index (χ1) is 7.40. The molecule has 0 unspecified atom stereocenters. The Labute approximate surface area is 90.8 Å². The fraction of sp³-hybridized carbons (Fsp3) is 0.364. The molecule has 0 N–H and O–H groups in total. The van der Waals surface area contributed by atoms with Gasteiger partial charge < -0.3 is 0 Å². The summed E-state index contributed by atoms with van der Waals surface area (Å²) in [6.07, 6.45) is -3.13. The first-order valence-corrected chi connectivity index (χ1v) is 4.72. The van der Waals surface area contributed by atoms with E-state index >= 15 is 0 Å². The summed E-state index contributed by atoms with van der Waals surface area (Å²) < 4.78 is 50.9. The predicted octanol–water partition coefficient (Wildman–Crippen LogP) is 3.46. The molecule has 5 heteroatoms. The van der Waals surface area contributed by atoms with Crippen molar-refractivity contribution in [3.8, 4) is 0 Å². The van der Waals surface area contributed by atoms with E-state index in [1.807, 2.05) is 0 Å². The molecule has 0 radical (unpaired) electrons. The van der Waals surface area contributed by atoms with Crippen molar-refractivity contribution in [1.82, 2.24) is 0 Å². The van der Waals surface area contributed by atoms with Gasteiger partial charge in [0.15, 0.2) is 0 Å². The monoisotopic (exact) mass is 233 g/mol. The predicted molar refractivity (Wildman–Crippen MR) is 54.3 cm³/mol. The van der Waals surface area contributed by atoms with Gasteiger partial charge >= 0.3 is 6.18 Å². The van der Waals surface area contributed by atoms with Crippen LogP contribution in [0.3, 0.4) is 0 Å². The Morgan fingerprint density at radius 2 is 1.94 bits per heavy atom. The summed E-state index contributed by atoms with van der Waals surface area (Å²) >= 11 is 0. The SMILES string of the molecule is CCc1cc(F)cc(C(F)(F)F)c1C=NC. The molecule has 0 aliphatic rings. The average Bonchev–Trinajstić information content (AvgIpc) is 2.18. The van der Waals surface area contributed by atoms with Crippen LogP contribution in [0.4, 0.5) is 17.6 Å². The summed E-state index contributed by atoms with van der Waals surface area (Å²) in [4.78, 5) is 3.57. The van der Waals surface area contributed by atoms with Gasteiger partial charge in [-0.15, -0.1) is 0 Å². The molecule has 88 valence electrons. The number of hydrogen-bond acceptors (Lipinski definition) is 1. The molecule has 0 saturated carbocycles. The van der Waals surface area contributed by atoms with Gasteiger partial charge in [-0.3, -0.25) is 4.99 Å². The first-order valence-electron chi connectivity index (χ1n) is 4.72. The lowest BCUT2D eigenvalue weighted by Crippen LogP contribution is -2.12. The van der Waals surface area contributed by atoms with Crippen molar-refractivity contribution in [3.05, 3.63) is 34.6 Å². The molecule has 0 heterocycles. The van der Waals surface area contributed by atoms with E-state index in [0.717, 1.165) is 12.3 Å². The highest BCUT2D eigenvalue weighted by Gasteiger charge is 2.34. The Morgan fingerprint density at radius 3 is 2.38 bits per heavy atom. The molecular formula is C11H11F4N. The van der Waals surface area contributed by atoms with Gasteiger partial charge in [0.2, 0.25) is 0 Å². The van der Waals surface area contributed by atoms with Gasteiger partial charge in [-0.2, -0.15) is 13.2 Å². The van der Waals surface area contributed by atoms with Gasteiger partial charge in [-0.05, 0) is 24.1 Å². The molecule has 0 aromatic heterocycles. The maximum Gasteiger partial charge on any atom is 0.417 e. The quantitative estimate of drug-likeness (QED) is 0.548. The second-order valence-electron chi connectivity index (χ2n) is 3.26. The van der Waals surface area contributed by atoms with Gasteiger partial charge in [0.1, 0.15) is 5.82 Å². The smallest absolute Gasteiger partial charge is 0.296 e. The van der Waals surface area contributed by atoms with Crippen LogP contribution in [0.5, 0.6) is 0 Å². The average molecular weight is 233 g/mol. The van der Waals surface area contributed by atoms with Gasteiger partial charge in [-0.25, -0.2) is 4.39 Å². The number of rotatable bonds is 2. The largest absolute Gasteiger partial charge is 0.417 e. The van der Waals surface area contributed by atoms with Crippen LogP contribution in [0.1, 0.15) is 23.6 Å². The van der Waals surface area contributed by atoms with E-state index in [0.29, 0.717) is 18.1 Å². The van der Waals surface area contributed by atoms with E-state index < -0.39 is 17.6 Å². The maximum atomic E-state index is 13.0. The maximum absolute atomic E-state index is 13.0. The minimum Gasteiger partial charge on any atom is -0.296 e. The molecule has 0 fully saturated rings. The fourth-order valence-corrected chi connectivity index (χ4v) is 1.48. The standard InChI is InChI=1S/C11H11F4N/c1-3-7-4-8(12)5-10(11(13,14)15)9(7)6-16-2/h4-6H,3H2,1-2H3. The van der Waals surface area contributed by atoms with Crippen molar-refractivity contribution < 1.29 is 17.6 Å². The van der Waals surface area contributed by atoms with Crippen LogP contribution in [-0.4, -0.2) is 13.3 Å². The normalized spacial score (nSPS) is 12.4. The molecule has 0 spiro atoms. The molecule has 1 aromatic carbocycles. The van der Waals surface area contributed by atoms with Crippen molar-refractivity contribution in [2.45, 2.75) is 19.5 Å². The Hall–Kier alpha value is -1.39. The zero-order valence-corrected chi connectivity index (χ0v) is 8.90. The molecule has 1 rings (SSSR count). The topological polar surface area (TPSA) is 12.4 Å². The van der Waals surface area contributed by atoms with Crippen molar-refractivity contribution in [1.29, 1.82) is 0 Å². The molecule has 0 atom stereocenters. The van der Waals surface area contributed by atoms with Crippen molar-refractivity contribution in [3.63, 3.8) is 0 Å². The first kappa shape index (κ1) is 12.7. The lowest BCUT2D eigenvalue weighted by atomic mass is 9.99. The number of hydrogen-bond donors (Lipinski definition) is 0. The Balaban J connectivity index is 3.50. The zero-order chi connectivity index (χ0) is 12.3. The van der Waals surface area contributed by atoms with E-state index in [4.69, 9.17) is 0 Å². The lowest BCUT2D eigenvalue weighted by Gasteiger charge is -2.13.